The standard InChI is InChI=1S/C9H14N4O/c1-3-10-9(14)12-6-8-4-5-11-7(2)13-8/h4-5H,3,6H2,1-2H3,(H2,10,12,14). The summed E-state index contributed by atoms with van der Waals surface area (Å²) in [7, 11) is 0. The fourth-order valence-electron chi connectivity index (χ4n) is 0.997. The summed E-state index contributed by atoms with van der Waals surface area (Å²) in [5.41, 5.74) is 0.809. The summed E-state index contributed by atoms with van der Waals surface area (Å²) in [6, 6.07) is 1.60. The van der Waals surface area contributed by atoms with Crippen molar-refractivity contribution in [1.29, 1.82) is 0 Å². The normalized spacial score (nSPS) is 9.57. The second-order valence-electron chi connectivity index (χ2n) is 2.81. The van der Waals surface area contributed by atoms with Gasteiger partial charge in [0.05, 0.1) is 12.2 Å². The van der Waals surface area contributed by atoms with E-state index in [2.05, 4.69) is 20.6 Å². The summed E-state index contributed by atoms with van der Waals surface area (Å²) in [5, 5.41) is 5.32. The molecule has 2 N–H and O–H groups in total. The molecule has 2 amide bonds. The number of urea groups is 1. The van der Waals surface area contributed by atoms with Gasteiger partial charge in [-0.15, -0.1) is 0 Å². The van der Waals surface area contributed by atoms with Gasteiger partial charge in [-0.05, 0) is 19.9 Å². The maximum atomic E-state index is 11.0. The molecular weight excluding hydrogens is 180 g/mol. The Kier molecular flexibility index (Phi) is 3.84. The average molecular weight is 194 g/mol. The summed E-state index contributed by atoms with van der Waals surface area (Å²) in [4.78, 5) is 19.2. The van der Waals surface area contributed by atoms with Crippen LogP contribution in [-0.2, 0) is 6.54 Å². The first kappa shape index (κ1) is 10.4. The Morgan fingerprint density at radius 1 is 1.50 bits per heavy atom. The first-order valence-corrected chi connectivity index (χ1v) is 4.52. The maximum absolute atomic E-state index is 11.0. The highest BCUT2D eigenvalue weighted by atomic mass is 16.2. The van der Waals surface area contributed by atoms with Gasteiger partial charge in [-0.1, -0.05) is 0 Å². The van der Waals surface area contributed by atoms with E-state index in [1.807, 2.05) is 13.8 Å². The lowest BCUT2D eigenvalue weighted by molar-refractivity contribution is 0.241. The Labute approximate surface area is 83.0 Å². The van der Waals surface area contributed by atoms with Crippen molar-refractivity contribution < 1.29 is 4.79 Å². The van der Waals surface area contributed by atoms with E-state index < -0.39 is 0 Å². The second-order valence-corrected chi connectivity index (χ2v) is 2.81. The van der Waals surface area contributed by atoms with Crippen molar-refractivity contribution in [3.63, 3.8) is 0 Å². The van der Waals surface area contributed by atoms with Crippen LogP contribution in [0.4, 0.5) is 4.79 Å². The van der Waals surface area contributed by atoms with Crippen molar-refractivity contribution in [3.05, 3.63) is 23.8 Å². The molecule has 0 unspecified atom stereocenters. The van der Waals surface area contributed by atoms with Crippen LogP contribution in [0.2, 0.25) is 0 Å². The first-order valence-electron chi connectivity index (χ1n) is 4.52. The largest absolute Gasteiger partial charge is 0.338 e. The molecule has 76 valence electrons. The maximum Gasteiger partial charge on any atom is 0.315 e. The van der Waals surface area contributed by atoms with E-state index in [9.17, 15) is 4.79 Å². The van der Waals surface area contributed by atoms with Gasteiger partial charge in [0.15, 0.2) is 0 Å². The molecule has 0 aliphatic heterocycles. The third-order valence-corrected chi connectivity index (χ3v) is 1.60. The Balaban J connectivity index is 2.41. The molecule has 1 aromatic rings. The van der Waals surface area contributed by atoms with Crippen molar-refractivity contribution in [3.8, 4) is 0 Å². The van der Waals surface area contributed by atoms with Gasteiger partial charge in [0.1, 0.15) is 5.82 Å². The van der Waals surface area contributed by atoms with Crippen LogP contribution in [0.15, 0.2) is 12.3 Å². The monoisotopic (exact) mass is 194 g/mol. The number of nitrogens with one attached hydrogen (secondary N) is 2. The molecule has 0 spiro atoms. The number of hydrogen-bond acceptors (Lipinski definition) is 3. The lowest BCUT2D eigenvalue weighted by Gasteiger charge is -2.05. The molecule has 0 aliphatic carbocycles. The molecule has 0 fully saturated rings. The van der Waals surface area contributed by atoms with Gasteiger partial charge >= 0.3 is 6.03 Å². The highest BCUT2D eigenvalue weighted by Crippen LogP contribution is 1.93. The van der Waals surface area contributed by atoms with Crippen molar-refractivity contribution in [2.24, 2.45) is 0 Å². The minimum absolute atomic E-state index is 0.177. The zero-order valence-corrected chi connectivity index (χ0v) is 8.37. The molecule has 1 heterocycles. The number of nitrogens with zero attached hydrogens (tertiary/aromatic N) is 2. The minimum atomic E-state index is -0.177. The van der Waals surface area contributed by atoms with Crippen LogP contribution in [0.5, 0.6) is 0 Å². The molecule has 5 nitrogen and oxygen atoms in total. The van der Waals surface area contributed by atoms with Crippen molar-refractivity contribution in [1.82, 2.24) is 20.6 Å². The minimum Gasteiger partial charge on any atom is -0.338 e. The summed E-state index contributed by atoms with van der Waals surface area (Å²) in [5.74, 6) is 0.709. The van der Waals surface area contributed by atoms with Crippen molar-refractivity contribution >= 4 is 6.03 Å². The fourth-order valence-corrected chi connectivity index (χ4v) is 0.997. The number of aromatic nitrogens is 2. The van der Waals surface area contributed by atoms with E-state index >= 15 is 0 Å². The van der Waals surface area contributed by atoms with E-state index in [4.69, 9.17) is 0 Å². The number of rotatable bonds is 3. The molecule has 1 rings (SSSR count). The van der Waals surface area contributed by atoms with Gasteiger partial charge in [-0.3, -0.25) is 0 Å². The molecule has 0 bridgehead atoms. The van der Waals surface area contributed by atoms with Crippen LogP contribution >= 0.6 is 0 Å². The zero-order chi connectivity index (χ0) is 10.4. The number of hydrogen-bond donors (Lipinski definition) is 2. The lowest BCUT2D eigenvalue weighted by Crippen LogP contribution is -2.34. The summed E-state index contributed by atoms with van der Waals surface area (Å²) in [6.45, 7) is 4.73. The Bertz CT molecular complexity index is 313. The van der Waals surface area contributed by atoms with Crippen molar-refractivity contribution in [2.45, 2.75) is 20.4 Å². The van der Waals surface area contributed by atoms with Crippen LogP contribution in [0.3, 0.4) is 0 Å². The SMILES string of the molecule is CCNC(=O)NCc1ccnc(C)n1. The topological polar surface area (TPSA) is 66.9 Å². The van der Waals surface area contributed by atoms with E-state index in [1.54, 1.807) is 12.3 Å². The molecule has 0 atom stereocenters. The van der Waals surface area contributed by atoms with Gasteiger partial charge in [0.25, 0.3) is 0 Å². The predicted octanol–water partition coefficient (Wildman–Crippen LogP) is 0.604. The third-order valence-electron chi connectivity index (χ3n) is 1.60. The molecule has 0 aliphatic rings. The lowest BCUT2D eigenvalue weighted by atomic mass is 10.4. The summed E-state index contributed by atoms with van der Waals surface area (Å²) < 4.78 is 0. The number of aryl methyl sites for hydroxylation is 1. The van der Waals surface area contributed by atoms with Gasteiger partial charge in [0, 0.05) is 12.7 Å². The number of amides is 2. The van der Waals surface area contributed by atoms with Crippen LogP contribution in [0.1, 0.15) is 18.4 Å². The Morgan fingerprint density at radius 3 is 2.93 bits per heavy atom. The summed E-state index contributed by atoms with van der Waals surface area (Å²) in [6.07, 6.45) is 1.68. The molecule has 1 aromatic heterocycles. The highest BCUT2D eigenvalue weighted by molar-refractivity contribution is 5.73. The van der Waals surface area contributed by atoms with Crippen LogP contribution in [-0.4, -0.2) is 22.5 Å². The summed E-state index contributed by atoms with van der Waals surface area (Å²) >= 11 is 0. The van der Waals surface area contributed by atoms with Crippen LogP contribution in [0.25, 0.3) is 0 Å². The smallest absolute Gasteiger partial charge is 0.315 e. The number of carbonyl (C=O) groups excluding carboxylic acids is 1. The second kappa shape index (κ2) is 5.16. The number of carbonyl (C=O) groups is 1. The average Bonchev–Trinajstić information content (AvgIpc) is 2.15. The third kappa shape index (κ3) is 3.38. The van der Waals surface area contributed by atoms with Gasteiger partial charge in [0.2, 0.25) is 0 Å². The molecular formula is C9H14N4O. The predicted molar refractivity (Wildman–Crippen MR) is 52.7 cm³/mol. The van der Waals surface area contributed by atoms with E-state index in [0.29, 0.717) is 18.9 Å². The van der Waals surface area contributed by atoms with Crippen LogP contribution in [0, 0.1) is 6.92 Å². The van der Waals surface area contributed by atoms with Gasteiger partial charge < -0.3 is 10.6 Å². The molecule has 0 saturated carbocycles. The molecule has 5 heteroatoms. The molecule has 14 heavy (non-hydrogen) atoms. The highest BCUT2D eigenvalue weighted by Gasteiger charge is 1.99. The Morgan fingerprint density at radius 2 is 2.29 bits per heavy atom. The van der Waals surface area contributed by atoms with E-state index in [0.717, 1.165) is 5.69 Å². The molecule has 0 radical (unpaired) electrons. The Hall–Kier alpha value is -1.65. The molecule has 0 aromatic carbocycles. The van der Waals surface area contributed by atoms with Gasteiger partial charge in [-0.2, -0.15) is 0 Å². The quantitative estimate of drug-likeness (QED) is 0.740. The first-order chi connectivity index (χ1) is 6.72. The van der Waals surface area contributed by atoms with E-state index in [-0.39, 0.29) is 6.03 Å². The van der Waals surface area contributed by atoms with Crippen LogP contribution < -0.4 is 10.6 Å². The fraction of sp³-hybridized carbons (Fsp3) is 0.444. The van der Waals surface area contributed by atoms with E-state index in [1.165, 1.54) is 0 Å². The van der Waals surface area contributed by atoms with Gasteiger partial charge in [-0.25, -0.2) is 14.8 Å². The molecule has 0 saturated heterocycles. The zero-order valence-electron chi connectivity index (χ0n) is 8.37. The van der Waals surface area contributed by atoms with Crippen molar-refractivity contribution in [2.75, 3.05) is 6.54 Å².